The van der Waals surface area contributed by atoms with Crippen LogP contribution in [-0.4, -0.2) is 44.8 Å². The van der Waals surface area contributed by atoms with Crippen molar-refractivity contribution < 1.29 is 14.7 Å². The van der Waals surface area contributed by atoms with E-state index in [9.17, 15) is 9.59 Å². The van der Waals surface area contributed by atoms with Crippen LogP contribution in [0.15, 0.2) is 30.5 Å². The average Bonchev–Trinajstić information content (AvgIpc) is 3.07. The number of likely N-dealkylation sites (tertiary alicyclic amines) is 1. The molecular weight excluding hydrogens is 366 g/mol. The van der Waals surface area contributed by atoms with Crippen LogP contribution in [0, 0.1) is 5.92 Å². The number of hydrogen-bond acceptors (Lipinski definition) is 3. The van der Waals surface area contributed by atoms with Gasteiger partial charge in [0.25, 0.3) is 5.91 Å². The summed E-state index contributed by atoms with van der Waals surface area (Å²) in [5.74, 6) is -0.543. The molecule has 0 atom stereocenters. The highest BCUT2D eigenvalue weighted by atomic mass is 35.5. The highest BCUT2D eigenvalue weighted by Crippen LogP contribution is 2.27. The first-order chi connectivity index (χ1) is 12.9. The van der Waals surface area contributed by atoms with Crippen molar-refractivity contribution in [3.8, 4) is 5.69 Å². The molecule has 2 aromatic rings. The van der Waals surface area contributed by atoms with Crippen molar-refractivity contribution in [1.29, 1.82) is 0 Å². The van der Waals surface area contributed by atoms with E-state index in [2.05, 4.69) is 5.10 Å². The summed E-state index contributed by atoms with van der Waals surface area (Å²) in [7, 11) is 0. The first-order valence-electron chi connectivity index (χ1n) is 9.21. The molecule has 0 aliphatic carbocycles. The zero-order valence-corrected chi connectivity index (χ0v) is 16.3. The Bertz CT molecular complexity index is 821. The van der Waals surface area contributed by atoms with Gasteiger partial charge in [0.2, 0.25) is 0 Å². The van der Waals surface area contributed by atoms with Crippen molar-refractivity contribution in [2.75, 3.05) is 13.1 Å². The van der Waals surface area contributed by atoms with Gasteiger partial charge in [-0.1, -0.05) is 25.4 Å². The van der Waals surface area contributed by atoms with Crippen LogP contribution in [0.2, 0.25) is 5.02 Å². The molecule has 1 aromatic carbocycles. The van der Waals surface area contributed by atoms with E-state index in [4.69, 9.17) is 16.7 Å². The molecule has 0 unspecified atom stereocenters. The third-order valence-corrected chi connectivity index (χ3v) is 5.27. The van der Waals surface area contributed by atoms with Gasteiger partial charge in [-0.05, 0) is 48.9 Å². The van der Waals surface area contributed by atoms with Crippen molar-refractivity contribution in [2.45, 2.75) is 39.0 Å². The molecule has 0 saturated carbocycles. The van der Waals surface area contributed by atoms with Gasteiger partial charge in [-0.2, -0.15) is 5.10 Å². The molecule has 7 heteroatoms. The van der Waals surface area contributed by atoms with Crippen LogP contribution >= 0.6 is 11.6 Å². The van der Waals surface area contributed by atoms with E-state index in [1.807, 2.05) is 30.9 Å². The maximum absolute atomic E-state index is 13.1. The molecule has 0 spiro atoms. The molecule has 1 N–H and O–H groups in total. The van der Waals surface area contributed by atoms with Crippen LogP contribution < -0.4 is 0 Å². The number of amides is 1. The molecule has 1 fully saturated rings. The highest BCUT2D eigenvalue weighted by Gasteiger charge is 2.28. The minimum atomic E-state index is -0.772. The second kappa shape index (κ2) is 8.13. The van der Waals surface area contributed by atoms with Gasteiger partial charge in [0.1, 0.15) is 0 Å². The van der Waals surface area contributed by atoms with Gasteiger partial charge in [0.05, 0.1) is 23.1 Å². The van der Waals surface area contributed by atoms with Gasteiger partial charge in [-0.15, -0.1) is 0 Å². The Morgan fingerprint density at radius 2 is 1.85 bits per heavy atom. The summed E-state index contributed by atoms with van der Waals surface area (Å²) < 4.78 is 1.80. The Balaban J connectivity index is 1.81. The topological polar surface area (TPSA) is 75.4 Å². The number of carbonyl (C=O) groups excluding carboxylic acids is 1. The Morgan fingerprint density at radius 3 is 2.41 bits per heavy atom. The van der Waals surface area contributed by atoms with E-state index in [1.54, 1.807) is 23.0 Å². The SMILES string of the molecule is CC(C)c1c(C(=O)N2CCC(CC(=O)O)CC2)cnn1-c1ccc(Cl)cc1. The van der Waals surface area contributed by atoms with Crippen LogP contribution in [0.3, 0.4) is 0 Å². The van der Waals surface area contributed by atoms with Crippen molar-refractivity contribution in [2.24, 2.45) is 5.92 Å². The Labute approximate surface area is 163 Å². The Kier molecular flexibility index (Phi) is 5.85. The van der Waals surface area contributed by atoms with E-state index in [0.29, 0.717) is 23.7 Å². The van der Waals surface area contributed by atoms with Crippen molar-refractivity contribution in [3.63, 3.8) is 0 Å². The number of halogens is 1. The highest BCUT2D eigenvalue weighted by molar-refractivity contribution is 6.30. The van der Waals surface area contributed by atoms with Crippen LogP contribution in [0.4, 0.5) is 0 Å². The summed E-state index contributed by atoms with van der Waals surface area (Å²) in [6, 6.07) is 7.37. The molecule has 0 radical (unpaired) electrons. The number of carbonyl (C=O) groups is 2. The van der Waals surface area contributed by atoms with Crippen molar-refractivity contribution in [1.82, 2.24) is 14.7 Å². The lowest BCUT2D eigenvalue weighted by molar-refractivity contribution is -0.138. The van der Waals surface area contributed by atoms with E-state index in [0.717, 1.165) is 24.2 Å². The van der Waals surface area contributed by atoms with Crippen LogP contribution in [0.1, 0.15) is 55.1 Å². The Morgan fingerprint density at radius 1 is 1.22 bits per heavy atom. The van der Waals surface area contributed by atoms with Gasteiger partial charge in [0.15, 0.2) is 0 Å². The quantitative estimate of drug-likeness (QED) is 0.839. The summed E-state index contributed by atoms with van der Waals surface area (Å²) in [4.78, 5) is 25.8. The fourth-order valence-corrected chi connectivity index (χ4v) is 3.75. The molecule has 1 aromatic heterocycles. The molecular formula is C20H24ClN3O3. The lowest BCUT2D eigenvalue weighted by Gasteiger charge is -2.31. The first kappa shape index (κ1) is 19.4. The fourth-order valence-electron chi connectivity index (χ4n) is 3.62. The summed E-state index contributed by atoms with van der Waals surface area (Å²) >= 11 is 5.97. The molecule has 1 aliphatic rings. The molecule has 0 bridgehead atoms. The van der Waals surface area contributed by atoms with Gasteiger partial charge < -0.3 is 10.0 Å². The molecule has 144 valence electrons. The fraction of sp³-hybridized carbons (Fsp3) is 0.450. The number of aromatic nitrogens is 2. The lowest BCUT2D eigenvalue weighted by Crippen LogP contribution is -2.39. The van der Waals surface area contributed by atoms with Crippen molar-refractivity contribution in [3.05, 3.63) is 46.7 Å². The first-order valence-corrected chi connectivity index (χ1v) is 9.59. The van der Waals surface area contributed by atoms with Crippen LogP contribution in [-0.2, 0) is 4.79 Å². The van der Waals surface area contributed by atoms with E-state index in [-0.39, 0.29) is 24.2 Å². The molecule has 3 rings (SSSR count). The summed E-state index contributed by atoms with van der Waals surface area (Å²) in [5.41, 5.74) is 2.34. The standard InChI is InChI=1S/C20H24ClN3O3/c1-13(2)19-17(12-22-24(19)16-5-3-15(21)4-6-16)20(27)23-9-7-14(8-10-23)11-18(25)26/h3-6,12-14H,7-11H2,1-2H3,(H,25,26). The minimum Gasteiger partial charge on any atom is -0.481 e. The average molecular weight is 390 g/mol. The summed E-state index contributed by atoms with van der Waals surface area (Å²) in [5, 5.41) is 14.1. The van der Waals surface area contributed by atoms with Gasteiger partial charge >= 0.3 is 5.97 Å². The van der Waals surface area contributed by atoms with E-state index >= 15 is 0 Å². The maximum atomic E-state index is 13.1. The molecule has 6 nitrogen and oxygen atoms in total. The van der Waals surface area contributed by atoms with E-state index < -0.39 is 5.97 Å². The molecule has 1 aliphatic heterocycles. The second-order valence-corrected chi connectivity index (χ2v) is 7.76. The minimum absolute atomic E-state index is 0.0345. The molecule has 2 heterocycles. The number of rotatable bonds is 5. The number of piperidine rings is 1. The maximum Gasteiger partial charge on any atom is 0.303 e. The smallest absolute Gasteiger partial charge is 0.303 e. The third kappa shape index (κ3) is 4.33. The predicted octanol–water partition coefficient (Wildman–Crippen LogP) is 3.98. The van der Waals surface area contributed by atoms with E-state index in [1.165, 1.54) is 0 Å². The predicted molar refractivity (Wildman–Crippen MR) is 104 cm³/mol. The number of nitrogens with zero attached hydrogens (tertiary/aromatic N) is 3. The van der Waals surface area contributed by atoms with Crippen LogP contribution in [0.25, 0.3) is 5.69 Å². The zero-order chi connectivity index (χ0) is 19.6. The zero-order valence-electron chi connectivity index (χ0n) is 15.6. The normalized spacial score (nSPS) is 15.3. The third-order valence-electron chi connectivity index (χ3n) is 5.02. The molecule has 27 heavy (non-hydrogen) atoms. The van der Waals surface area contributed by atoms with Gasteiger partial charge in [-0.25, -0.2) is 4.68 Å². The van der Waals surface area contributed by atoms with Gasteiger partial charge in [-0.3, -0.25) is 9.59 Å². The second-order valence-electron chi connectivity index (χ2n) is 7.32. The number of benzene rings is 1. The van der Waals surface area contributed by atoms with Crippen molar-refractivity contribution >= 4 is 23.5 Å². The largest absolute Gasteiger partial charge is 0.481 e. The number of hydrogen-bond donors (Lipinski definition) is 1. The van der Waals surface area contributed by atoms with Crippen LogP contribution in [0.5, 0.6) is 0 Å². The lowest BCUT2D eigenvalue weighted by atomic mass is 9.93. The number of carboxylic acids is 1. The monoisotopic (exact) mass is 389 g/mol. The number of aliphatic carboxylic acids is 1. The summed E-state index contributed by atoms with van der Waals surface area (Å²) in [6.45, 7) is 5.25. The number of carboxylic acid groups (broad SMARTS) is 1. The summed E-state index contributed by atoms with van der Waals surface area (Å²) in [6.07, 6.45) is 3.25. The molecule has 1 saturated heterocycles. The Hall–Kier alpha value is -2.34. The molecule has 1 amide bonds. The van der Waals surface area contributed by atoms with Gasteiger partial charge in [0, 0.05) is 24.5 Å².